The van der Waals surface area contributed by atoms with Gasteiger partial charge >= 0.3 is 0 Å². The second-order valence-corrected chi connectivity index (χ2v) is 9.06. The number of carbonyl (C=O) groups is 2. The Balaban J connectivity index is 1.69. The fourth-order valence-corrected chi connectivity index (χ4v) is 4.46. The Morgan fingerprint density at radius 2 is 1.77 bits per heavy atom. The third-order valence-electron chi connectivity index (χ3n) is 5.51. The first-order chi connectivity index (χ1) is 14.9. The zero-order valence-corrected chi connectivity index (χ0v) is 19.6. The Hall–Kier alpha value is -2.39. The first-order valence-electron chi connectivity index (χ1n) is 10.8. The van der Waals surface area contributed by atoms with Gasteiger partial charge in [-0.25, -0.2) is 0 Å². The summed E-state index contributed by atoms with van der Waals surface area (Å²) in [7, 11) is 2.07. The quantitative estimate of drug-likeness (QED) is 0.629. The lowest BCUT2D eigenvalue weighted by molar-refractivity contribution is -0.129. The first kappa shape index (κ1) is 23.3. The van der Waals surface area contributed by atoms with Crippen molar-refractivity contribution in [3.8, 4) is 0 Å². The maximum absolute atomic E-state index is 12.7. The maximum atomic E-state index is 12.7. The molecule has 8 nitrogen and oxygen atoms in total. The van der Waals surface area contributed by atoms with Gasteiger partial charge in [-0.3, -0.25) is 9.59 Å². The van der Waals surface area contributed by atoms with Crippen LogP contribution in [0.4, 0.5) is 0 Å². The van der Waals surface area contributed by atoms with Crippen LogP contribution in [0.3, 0.4) is 0 Å². The highest BCUT2D eigenvalue weighted by Crippen LogP contribution is 2.25. The third-order valence-corrected chi connectivity index (χ3v) is 6.46. The number of carbonyl (C=O) groups excluding carboxylic acids is 2. The smallest absolute Gasteiger partial charge is 0.251 e. The van der Waals surface area contributed by atoms with Gasteiger partial charge in [0.1, 0.15) is 0 Å². The lowest BCUT2D eigenvalue weighted by Crippen LogP contribution is -2.47. The van der Waals surface area contributed by atoms with Crippen LogP contribution < -0.4 is 5.32 Å². The molecule has 1 aromatic heterocycles. The Bertz CT molecular complexity index is 877. The number of hydrogen-bond donors (Lipinski definition) is 1. The van der Waals surface area contributed by atoms with Crippen molar-refractivity contribution in [3.63, 3.8) is 0 Å². The molecule has 0 radical (unpaired) electrons. The SMILES string of the molecule is CCn1c(SCC(=O)N2CCN(C)CC2)nnc1[C@H](NC(=O)c1ccccc1)C(C)C. The molecule has 0 bridgehead atoms. The van der Waals surface area contributed by atoms with Crippen molar-refractivity contribution in [1.82, 2.24) is 29.9 Å². The van der Waals surface area contributed by atoms with Crippen LogP contribution in [-0.4, -0.2) is 75.4 Å². The van der Waals surface area contributed by atoms with Gasteiger partial charge in [-0.2, -0.15) is 0 Å². The second-order valence-electron chi connectivity index (χ2n) is 8.12. The minimum atomic E-state index is -0.275. The summed E-state index contributed by atoms with van der Waals surface area (Å²) in [4.78, 5) is 29.5. The van der Waals surface area contributed by atoms with E-state index in [0.29, 0.717) is 23.0 Å². The highest BCUT2D eigenvalue weighted by atomic mass is 32.2. The van der Waals surface area contributed by atoms with Crippen LogP contribution in [-0.2, 0) is 11.3 Å². The van der Waals surface area contributed by atoms with Crippen molar-refractivity contribution in [2.24, 2.45) is 5.92 Å². The summed E-state index contributed by atoms with van der Waals surface area (Å²) in [5, 5.41) is 12.6. The van der Waals surface area contributed by atoms with Gasteiger partial charge in [-0.15, -0.1) is 10.2 Å². The predicted octanol–water partition coefficient (Wildman–Crippen LogP) is 2.29. The van der Waals surface area contributed by atoms with Gasteiger partial charge in [0.25, 0.3) is 5.91 Å². The Labute approximate surface area is 188 Å². The summed E-state index contributed by atoms with van der Waals surface area (Å²) < 4.78 is 2.00. The van der Waals surface area contributed by atoms with Crippen molar-refractivity contribution in [2.75, 3.05) is 39.0 Å². The molecule has 0 unspecified atom stereocenters. The second kappa shape index (κ2) is 10.8. The van der Waals surface area contributed by atoms with Crippen LogP contribution in [0.1, 0.15) is 43.0 Å². The lowest BCUT2D eigenvalue weighted by Gasteiger charge is -2.32. The first-order valence-corrected chi connectivity index (χ1v) is 11.8. The van der Waals surface area contributed by atoms with E-state index < -0.39 is 0 Å². The van der Waals surface area contributed by atoms with Gasteiger partial charge < -0.3 is 19.7 Å². The number of nitrogens with zero attached hydrogens (tertiary/aromatic N) is 5. The molecule has 2 heterocycles. The summed E-state index contributed by atoms with van der Waals surface area (Å²) in [5.74, 6) is 1.18. The Morgan fingerprint density at radius 3 is 2.39 bits per heavy atom. The molecule has 1 atom stereocenters. The van der Waals surface area contributed by atoms with Gasteiger partial charge in [0.2, 0.25) is 5.91 Å². The van der Waals surface area contributed by atoms with Crippen LogP contribution in [0.15, 0.2) is 35.5 Å². The minimum Gasteiger partial charge on any atom is -0.342 e. The molecule has 9 heteroatoms. The van der Waals surface area contributed by atoms with Crippen LogP contribution in [0.5, 0.6) is 0 Å². The van der Waals surface area contributed by atoms with E-state index in [1.165, 1.54) is 11.8 Å². The van der Waals surface area contributed by atoms with Gasteiger partial charge in [-0.1, -0.05) is 43.8 Å². The number of likely N-dealkylation sites (N-methyl/N-ethyl adjacent to an activating group) is 1. The van der Waals surface area contributed by atoms with Crippen molar-refractivity contribution in [1.29, 1.82) is 0 Å². The van der Waals surface area contributed by atoms with Crippen LogP contribution in [0, 0.1) is 5.92 Å². The normalized spacial score (nSPS) is 15.8. The van der Waals surface area contributed by atoms with E-state index in [9.17, 15) is 9.59 Å². The fourth-order valence-electron chi connectivity index (χ4n) is 3.55. The highest BCUT2D eigenvalue weighted by Gasteiger charge is 2.27. The summed E-state index contributed by atoms with van der Waals surface area (Å²) in [5.41, 5.74) is 0.614. The largest absolute Gasteiger partial charge is 0.342 e. The summed E-state index contributed by atoms with van der Waals surface area (Å²) >= 11 is 1.41. The molecule has 0 spiro atoms. The molecule has 1 aliphatic rings. The van der Waals surface area contributed by atoms with E-state index in [4.69, 9.17) is 0 Å². The number of aromatic nitrogens is 3. The van der Waals surface area contributed by atoms with E-state index in [2.05, 4.69) is 27.5 Å². The molecule has 1 saturated heterocycles. The number of hydrogen-bond acceptors (Lipinski definition) is 6. The molecule has 168 valence electrons. The lowest BCUT2D eigenvalue weighted by atomic mass is 10.0. The van der Waals surface area contributed by atoms with Gasteiger partial charge in [0.15, 0.2) is 11.0 Å². The third kappa shape index (κ3) is 5.86. The number of rotatable bonds is 8. The number of benzene rings is 1. The van der Waals surface area contributed by atoms with Crippen molar-refractivity contribution < 1.29 is 9.59 Å². The zero-order valence-electron chi connectivity index (χ0n) is 18.7. The van der Waals surface area contributed by atoms with Gasteiger partial charge in [-0.05, 0) is 32.0 Å². The van der Waals surface area contributed by atoms with Crippen molar-refractivity contribution in [3.05, 3.63) is 41.7 Å². The molecule has 1 N–H and O–H groups in total. The maximum Gasteiger partial charge on any atom is 0.251 e. The monoisotopic (exact) mass is 444 g/mol. The minimum absolute atomic E-state index is 0.128. The van der Waals surface area contributed by atoms with Gasteiger partial charge in [0.05, 0.1) is 11.8 Å². The standard InChI is InChI=1S/C22H32N6O2S/c1-5-28-20(19(16(2)3)23-21(30)17-9-7-6-8-10-17)24-25-22(28)31-15-18(29)27-13-11-26(4)12-14-27/h6-10,16,19H,5,11-15H2,1-4H3,(H,23,30)/t19-/m1/s1. The molecular weight excluding hydrogens is 412 g/mol. The Morgan fingerprint density at radius 1 is 1.10 bits per heavy atom. The molecule has 2 aromatic rings. The summed E-state index contributed by atoms with van der Waals surface area (Å²) in [6, 6.07) is 8.89. The van der Waals surface area contributed by atoms with Crippen LogP contribution in [0.2, 0.25) is 0 Å². The fraction of sp³-hybridized carbons (Fsp3) is 0.545. The van der Waals surface area contributed by atoms with Crippen LogP contribution >= 0.6 is 11.8 Å². The van der Waals surface area contributed by atoms with E-state index in [0.717, 1.165) is 32.0 Å². The van der Waals surface area contributed by atoms with E-state index in [1.54, 1.807) is 12.1 Å². The Kier molecular flexibility index (Phi) is 8.09. The number of amides is 2. The number of nitrogens with one attached hydrogen (secondary N) is 1. The molecule has 0 saturated carbocycles. The summed E-state index contributed by atoms with van der Waals surface area (Å²) in [6.45, 7) is 10.1. The van der Waals surface area contributed by atoms with E-state index in [1.807, 2.05) is 48.4 Å². The molecule has 0 aliphatic carbocycles. The van der Waals surface area contributed by atoms with Gasteiger partial charge in [0, 0.05) is 38.3 Å². The molecule has 1 fully saturated rings. The predicted molar refractivity (Wildman–Crippen MR) is 122 cm³/mol. The molecule has 2 amide bonds. The number of piperazine rings is 1. The number of thioether (sulfide) groups is 1. The molecule has 1 aromatic carbocycles. The molecule has 31 heavy (non-hydrogen) atoms. The van der Waals surface area contributed by atoms with E-state index in [-0.39, 0.29) is 23.8 Å². The zero-order chi connectivity index (χ0) is 22.4. The van der Waals surface area contributed by atoms with Crippen LogP contribution in [0.25, 0.3) is 0 Å². The van der Waals surface area contributed by atoms with Crippen molar-refractivity contribution in [2.45, 2.75) is 38.5 Å². The van der Waals surface area contributed by atoms with E-state index >= 15 is 0 Å². The average molecular weight is 445 g/mol. The average Bonchev–Trinajstić information content (AvgIpc) is 3.19. The molecular formula is C22H32N6O2S. The summed E-state index contributed by atoms with van der Waals surface area (Å²) in [6.07, 6.45) is 0. The molecule has 1 aliphatic heterocycles. The highest BCUT2D eigenvalue weighted by molar-refractivity contribution is 7.99. The van der Waals surface area contributed by atoms with Crippen molar-refractivity contribution >= 4 is 23.6 Å². The topological polar surface area (TPSA) is 83.4 Å². The molecule has 3 rings (SSSR count).